The van der Waals surface area contributed by atoms with Crippen LogP contribution >= 0.6 is 12.4 Å². The number of piperazine rings is 1. The largest absolute Gasteiger partial charge is 0.314 e. The van der Waals surface area contributed by atoms with Crippen LogP contribution in [0.3, 0.4) is 0 Å². The normalized spacial score (nSPS) is 21.7. The number of rotatable bonds is 4. The highest BCUT2D eigenvalue weighted by molar-refractivity contribution is 7.89. The summed E-state index contributed by atoms with van der Waals surface area (Å²) in [5.41, 5.74) is 1.71. The Labute approximate surface area is 167 Å². The number of hydrogen-bond acceptors (Lipinski definition) is 4. The Bertz CT molecular complexity index is 855. The van der Waals surface area contributed by atoms with Crippen molar-refractivity contribution in [3.05, 3.63) is 54.6 Å². The highest BCUT2D eigenvalue weighted by atomic mass is 35.5. The van der Waals surface area contributed by atoms with Crippen LogP contribution in [-0.2, 0) is 10.0 Å². The molecule has 1 N–H and O–H groups in total. The Morgan fingerprint density at radius 1 is 0.889 bits per heavy atom. The third-order valence-electron chi connectivity index (χ3n) is 5.38. The lowest BCUT2D eigenvalue weighted by atomic mass is 10.1. The van der Waals surface area contributed by atoms with Crippen LogP contribution in [0, 0.1) is 0 Å². The molecule has 4 rings (SSSR count). The van der Waals surface area contributed by atoms with E-state index in [0.29, 0.717) is 24.0 Å². The second kappa shape index (κ2) is 8.71. The van der Waals surface area contributed by atoms with Crippen molar-refractivity contribution in [2.24, 2.45) is 0 Å². The summed E-state index contributed by atoms with van der Waals surface area (Å²) >= 11 is 0. The summed E-state index contributed by atoms with van der Waals surface area (Å²) in [7, 11) is -3.50. The molecule has 0 amide bonds. The SMILES string of the molecule is Cl.O=S(=O)(c1ccccc1-c1ccccc1)N1CCC(N2CCNCC2)C1. The van der Waals surface area contributed by atoms with Crippen molar-refractivity contribution in [3.63, 3.8) is 0 Å². The minimum atomic E-state index is -3.50. The van der Waals surface area contributed by atoms with Gasteiger partial charge in [-0.2, -0.15) is 4.31 Å². The molecule has 0 radical (unpaired) electrons. The summed E-state index contributed by atoms with van der Waals surface area (Å²) in [5.74, 6) is 0. The summed E-state index contributed by atoms with van der Waals surface area (Å²) in [6, 6.07) is 17.4. The maximum absolute atomic E-state index is 13.4. The number of halogens is 1. The third-order valence-corrected chi connectivity index (χ3v) is 7.31. The van der Waals surface area contributed by atoms with Crippen LogP contribution in [0.25, 0.3) is 11.1 Å². The van der Waals surface area contributed by atoms with E-state index >= 15 is 0 Å². The molecule has 146 valence electrons. The lowest BCUT2D eigenvalue weighted by Gasteiger charge is -2.32. The van der Waals surface area contributed by atoms with Gasteiger partial charge in [-0.1, -0.05) is 48.5 Å². The molecule has 7 heteroatoms. The molecular formula is C20H26ClN3O2S. The maximum atomic E-state index is 13.4. The van der Waals surface area contributed by atoms with Gasteiger partial charge >= 0.3 is 0 Å². The Balaban J connectivity index is 0.00000210. The molecule has 0 aliphatic carbocycles. The summed E-state index contributed by atoms with van der Waals surface area (Å²) < 4.78 is 28.4. The zero-order valence-electron chi connectivity index (χ0n) is 15.3. The molecule has 2 aliphatic heterocycles. The summed E-state index contributed by atoms with van der Waals surface area (Å²) in [4.78, 5) is 2.84. The van der Waals surface area contributed by atoms with Gasteiger partial charge in [0.15, 0.2) is 0 Å². The molecule has 2 heterocycles. The molecule has 2 aromatic carbocycles. The van der Waals surface area contributed by atoms with Gasteiger partial charge in [0.2, 0.25) is 10.0 Å². The molecule has 0 aromatic heterocycles. The minimum absolute atomic E-state index is 0. The van der Waals surface area contributed by atoms with Gasteiger partial charge in [-0.25, -0.2) is 8.42 Å². The van der Waals surface area contributed by atoms with Gasteiger partial charge in [0.25, 0.3) is 0 Å². The average Bonchev–Trinajstić information content (AvgIpc) is 3.21. The van der Waals surface area contributed by atoms with E-state index in [1.807, 2.05) is 48.5 Å². The summed E-state index contributed by atoms with van der Waals surface area (Å²) in [5, 5.41) is 3.36. The molecule has 2 fully saturated rings. The monoisotopic (exact) mass is 407 g/mol. The molecule has 0 spiro atoms. The predicted molar refractivity (Wildman–Crippen MR) is 111 cm³/mol. The van der Waals surface area contributed by atoms with E-state index in [0.717, 1.165) is 43.7 Å². The number of benzene rings is 2. The van der Waals surface area contributed by atoms with Crippen molar-refractivity contribution in [3.8, 4) is 11.1 Å². The number of sulfonamides is 1. The van der Waals surface area contributed by atoms with Crippen molar-refractivity contribution in [2.75, 3.05) is 39.3 Å². The molecule has 0 bridgehead atoms. The van der Waals surface area contributed by atoms with E-state index in [1.165, 1.54) is 0 Å². The van der Waals surface area contributed by atoms with Crippen LogP contribution in [0.5, 0.6) is 0 Å². The van der Waals surface area contributed by atoms with Crippen molar-refractivity contribution < 1.29 is 8.42 Å². The van der Waals surface area contributed by atoms with E-state index in [9.17, 15) is 8.42 Å². The third kappa shape index (κ3) is 4.20. The van der Waals surface area contributed by atoms with Crippen molar-refractivity contribution >= 4 is 22.4 Å². The Morgan fingerprint density at radius 2 is 1.56 bits per heavy atom. The van der Waals surface area contributed by atoms with Crippen LogP contribution in [0.2, 0.25) is 0 Å². The highest BCUT2D eigenvalue weighted by Crippen LogP contribution is 2.31. The van der Waals surface area contributed by atoms with Crippen LogP contribution in [0.4, 0.5) is 0 Å². The van der Waals surface area contributed by atoms with Gasteiger partial charge in [-0.3, -0.25) is 4.90 Å². The lowest BCUT2D eigenvalue weighted by molar-refractivity contribution is 0.179. The van der Waals surface area contributed by atoms with Gasteiger partial charge in [0, 0.05) is 50.9 Å². The van der Waals surface area contributed by atoms with Gasteiger partial charge < -0.3 is 5.32 Å². The first kappa shape index (κ1) is 20.3. The van der Waals surface area contributed by atoms with Gasteiger partial charge in [-0.15, -0.1) is 12.4 Å². The first-order chi connectivity index (χ1) is 12.7. The highest BCUT2D eigenvalue weighted by Gasteiger charge is 2.36. The quantitative estimate of drug-likeness (QED) is 0.845. The number of nitrogens with zero attached hydrogens (tertiary/aromatic N) is 2. The van der Waals surface area contributed by atoms with E-state index in [4.69, 9.17) is 0 Å². The Kier molecular flexibility index (Phi) is 6.55. The zero-order chi connectivity index (χ0) is 18.0. The molecule has 2 saturated heterocycles. The molecule has 5 nitrogen and oxygen atoms in total. The standard InChI is InChI=1S/C20H25N3O2S.ClH/c24-26(25,23-13-10-18(16-23)22-14-11-21-12-15-22)20-9-5-4-8-19(20)17-6-2-1-3-7-17;/h1-9,18,21H,10-16H2;1H. The summed E-state index contributed by atoms with van der Waals surface area (Å²) in [6.07, 6.45) is 0.909. The van der Waals surface area contributed by atoms with Crippen molar-refractivity contribution in [1.29, 1.82) is 0 Å². The van der Waals surface area contributed by atoms with Crippen molar-refractivity contribution in [1.82, 2.24) is 14.5 Å². The zero-order valence-corrected chi connectivity index (χ0v) is 16.9. The van der Waals surface area contributed by atoms with E-state index < -0.39 is 10.0 Å². The van der Waals surface area contributed by atoms with Crippen molar-refractivity contribution in [2.45, 2.75) is 17.4 Å². The molecule has 2 aromatic rings. The maximum Gasteiger partial charge on any atom is 0.243 e. The molecule has 0 saturated carbocycles. The van der Waals surface area contributed by atoms with Crippen LogP contribution in [-0.4, -0.2) is 62.9 Å². The second-order valence-corrected chi connectivity index (χ2v) is 8.86. The first-order valence-electron chi connectivity index (χ1n) is 9.25. The Morgan fingerprint density at radius 3 is 2.30 bits per heavy atom. The van der Waals surface area contributed by atoms with E-state index in [1.54, 1.807) is 10.4 Å². The fraction of sp³-hybridized carbons (Fsp3) is 0.400. The molecular weight excluding hydrogens is 382 g/mol. The second-order valence-electron chi connectivity index (χ2n) is 6.95. The fourth-order valence-corrected chi connectivity index (χ4v) is 5.67. The minimum Gasteiger partial charge on any atom is -0.314 e. The summed E-state index contributed by atoms with van der Waals surface area (Å²) in [6.45, 7) is 5.16. The van der Waals surface area contributed by atoms with E-state index in [2.05, 4.69) is 10.2 Å². The molecule has 1 atom stereocenters. The van der Waals surface area contributed by atoms with Crippen LogP contribution in [0.15, 0.2) is 59.5 Å². The first-order valence-corrected chi connectivity index (χ1v) is 10.7. The van der Waals surface area contributed by atoms with Gasteiger partial charge in [0.05, 0.1) is 4.90 Å². The van der Waals surface area contributed by atoms with Gasteiger partial charge in [0.1, 0.15) is 0 Å². The average molecular weight is 408 g/mol. The predicted octanol–water partition coefficient (Wildman–Crippen LogP) is 2.44. The molecule has 27 heavy (non-hydrogen) atoms. The lowest BCUT2D eigenvalue weighted by Crippen LogP contribution is -2.49. The fourth-order valence-electron chi connectivity index (χ4n) is 3.96. The molecule has 2 aliphatic rings. The number of nitrogens with one attached hydrogen (secondary N) is 1. The Hall–Kier alpha value is -1.44. The van der Waals surface area contributed by atoms with Crippen LogP contribution < -0.4 is 5.32 Å². The van der Waals surface area contributed by atoms with E-state index in [-0.39, 0.29) is 12.4 Å². The topological polar surface area (TPSA) is 52.7 Å². The van der Waals surface area contributed by atoms with Gasteiger partial charge in [-0.05, 0) is 18.1 Å². The number of hydrogen-bond donors (Lipinski definition) is 1. The van der Waals surface area contributed by atoms with Crippen LogP contribution in [0.1, 0.15) is 6.42 Å². The molecule has 1 unspecified atom stereocenters. The smallest absolute Gasteiger partial charge is 0.243 e.